The van der Waals surface area contributed by atoms with E-state index in [1.54, 1.807) is 18.3 Å². The predicted octanol–water partition coefficient (Wildman–Crippen LogP) is 2.59. The van der Waals surface area contributed by atoms with Gasteiger partial charge in [-0.15, -0.1) is 11.6 Å². The van der Waals surface area contributed by atoms with Crippen molar-refractivity contribution in [3.8, 4) is 0 Å². The molecule has 1 N–H and O–H groups in total. The fourth-order valence-corrected chi connectivity index (χ4v) is 1.84. The Hall–Kier alpha value is -0.610. The molecule has 0 bridgehead atoms. The van der Waals surface area contributed by atoms with Gasteiger partial charge in [0.2, 0.25) is 0 Å². The fraction of sp³-hybridized carbons (Fsp3) is 0.400. The Labute approximate surface area is 102 Å². The first-order valence-electron chi connectivity index (χ1n) is 4.62. The second-order valence-electron chi connectivity index (χ2n) is 3.19. The Morgan fingerprint density at radius 1 is 1.73 bits per heavy atom. The van der Waals surface area contributed by atoms with E-state index in [4.69, 9.17) is 11.6 Å². The highest BCUT2D eigenvalue weighted by atomic mass is 79.9. The number of nitrogens with one attached hydrogen (secondary N) is 1. The van der Waals surface area contributed by atoms with Gasteiger partial charge in [0.25, 0.3) is 5.91 Å². The summed E-state index contributed by atoms with van der Waals surface area (Å²) in [5.41, 5.74) is 0.402. The summed E-state index contributed by atoms with van der Waals surface area (Å²) in [6.07, 6.45) is 2.34. The molecule has 1 atom stereocenters. The summed E-state index contributed by atoms with van der Waals surface area (Å²) < 4.78 is 0.695. The van der Waals surface area contributed by atoms with E-state index in [1.165, 1.54) is 0 Å². The Kier molecular flexibility index (Phi) is 5.05. The second-order valence-corrected chi connectivity index (χ2v) is 4.42. The maximum atomic E-state index is 11.7. The largest absolute Gasteiger partial charge is 0.348 e. The number of amides is 1. The number of hydrogen-bond acceptors (Lipinski definition) is 2. The molecule has 1 amide bonds. The SMILES string of the molecule is CC(CCCl)NC(=O)c1ncccc1Br. The number of alkyl halides is 1. The summed E-state index contributed by atoms with van der Waals surface area (Å²) >= 11 is 8.86. The molecule has 0 aromatic carbocycles. The Balaban J connectivity index is 2.65. The van der Waals surface area contributed by atoms with E-state index < -0.39 is 0 Å². The Morgan fingerprint density at radius 3 is 3.07 bits per heavy atom. The lowest BCUT2D eigenvalue weighted by Gasteiger charge is -2.12. The highest BCUT2D eigenvalue weighted by Gasteiger charge is 2.13. The standard InChI is InChI=1S/C10H12BrClN2O/c1-7(4-5-12)14-10(15)9-8(11)3-2-6-13-9/h2-3,6-7H,4-5H2,1H3,(H,14,15). The molecule has 15 heavy (non-hydrogen) atoms. The summed E-state index contributed by atoms with van der Waals surface area (Å²) in [7, 11) is 0. The summed E-state index contributed by atoms with van der Waals surface area (Å²) in [5, 5.41) is 2.82. The van der Waals surface area contributed by atoms with Gasteiger partial charge >= 0.3 is 0 Å². The summed E-state index contributed by atoms with van der Waals surface area (Å²) in [6.45, 7) is 1.91. The van der Waals surface area contributed by atoms with Crippen LogP contribution >= 0.6 is 27.5 Å². The molecule has 1 aromatic rings. The van der Waals surface area contributed by atoms with Gasteiger partial charge in [0.15, 0.2) is 0 Å². The van der Waals surface area contributed by atoms with E-state index in [9.17, 15) is 4.79 Å². The molecule has 1 rings (SSSR count). The molecule has 3 nitrogen and oxygen atoms in total. The van der Waals surface area contributed by atoms with Crippen molar-refractivity contribution in [2.24, 2.45) is 0 Å². The topological polar surface area (TPSA) is 42.0 Å². The third kappa shape index (κ3) is 3.80. The molecule has 0 saturated heterocycles. The number of carbonyl (C=O) groups excluding carboxylic acids is 1. The van der Waals surface area contributed by atoms with Crippen LogP contribution in [-0.2, 0) is 0 Å². The molecular formula is C10H12BrClN2O. The fourth-order valence-electron chi connectivity index (χ4n) is 1.08. The first-order chi connectivity index (χ1) is 7.15. The molecule has 0 saturated carbocycles. The average Bonchev–Trinajstić information content (AvgIpc) is 2.18. The van der Waals surface area contributed by atoms with Crippen molar-refractivity contribution in [3.63, 3.8) is 0 Å². The Morgan fingerprint density at radius 2 is 2.47 bits per heavy atom. The van der Waals surface area contributed by atoms with Gasteiger partial charge in [0.1, 0.15) is 5.69 Å². The summed E-state index contributed by atoms with van der Waals surface area (Å²) in [6, 6.07) is 3.61. The van der Waals surface area contributed by atoms with E-state index in [1.807, 2.05) is 6.92 Å². The van der Waals surface area contributed by atoms with Gasteiger partial charge in [-0.3, -0.25) is 4.79 Å². The number of nitrogens with zero attached hydrogens (tertiary/aromatic N) is 1. The number of hydrogen-bond donors (Lipinski definition) is 1. The third-order valence-electron chi connectivity index (χ3n) is 1.89. The number of carbonyl (C=O) groups is 1. The minimum absolute atomic E-state index is 0.0592. The van der Waals surface area contributed by atoms with Crippen LogP contribution in [0.2, 0.25) is 0 Å². The van der Waals surface area contributed by atoms with Crippen LogP contribution in [0.1, 0.15) is 23.8 Å². The number of pyridine rings is 1. The molecular weight excluding hydrogens is 279 g/mol. The lowest BCUT2D eigenvalue weighted by Crippen LogP contribution is -2.33. The van der Waals surface area contributed by atoms with Crippen LogP contribution in [0.3, 0.4) is 0 Å². The smallest absolute Gasteiger partial charge is 0.271 e. The third-order valence-corrected chi connectivity index (χ3v) is 2.75. The van der Waals surface area contributed by atoms with Crippen molar-refractivity contribution in [2.75, 3.05) is 5.88 Å². The Bertz CT molecular complexity index is 346. The number of aromatic nitrogens is 1. The van der Waals surface area contributed by atoms with Gasteiger partial charge < -0.3 is 5.32 Å². The number of rotatable bonds is 4. The maximum absolute atomic E-state index is 11.7. The zero-order valence-electron chi connectivity index (χ0n) is 8.34. The zero-order chi connectivity index (χ0) is 11.3. The van der Waals surface area contributed by atoms with Crippen molar-refractivity contribution >= 4 is 33.4 Å². The predicted molar refractivity (Wildman–Crippen MR) is 64.2 cm³/mol. The van der Waals surface area contributed by atoms with Crippen molar-refractivity contribution in [1.82, 2.24) is 10.3 Å². The summed E-state index contributed by atoms with van der Waals surface area (Å²) in [4.78, 5) is 15.7. The van der Waals surface area contributed by atoms with E-state index in [-0.39, 0.29) is 11.9 Å². The molecule has 0 spiro atoms. The van der Waals surface area contributed by atoms with Crippen LogP contribution in [0.25, 0.3) is 0 Å². The van der Waals surface area contributed by atoms with Crippen molar-refractivity contribution < 1.29 is 4.79 Å². The molecule has 0 radical (unpaired) electrons. The van der Waals surface area contributed by atoms with Crippen LogP contribution < -0.4 is 5.32 Å². The van der Waals surface area contributed by atoms with Crippen molar-refractivity contribution in [2.45, 2.75) is 19.4 Å². The maximum Gasteiger partial charge on any atom is 0.271 e. The first kappa shape index (κ1) is 12.5. The van der Waals surface area contributed by atoms with Gasteiger partial charge in [0, 0.05) is 22.6 Å². The van der Waals surface area contributed by atoms with Crippen molar-refractivity contribution in [3.05, 3.63) is 28.5 Å². The average molecular weight is 292 g/mol. The molecule has 0 aliphatic heterocycles. The summed E-state index contributed by atoms with van der Waals surface area (Å²) in [5.74, 6) is 0.352. The van der Waals surface area contributed by atoms with E-state index in [2.05, 4.69) is 26.2 Å². The quantitative estimate of drug-likeness (QED) is 0.867. The molecule has 1 unspecified atom stereocenters. The molecule has 1 heterocycles. The molecule has 0 fully saturated rings. The van der Waals surface area contributed by atoms with Crippen LogP contribution in [0.4, 0.5) is 0 Å². The highest BCUT2D eigenvalue weighted by molar-refractivity contribution is 9.10. The molecule has 5 heteroatoms. The van der Waals surface area contributed by atoms with Crippen LogP contribution in [0, 0.1) is 0 Å². The normalized spacial score (nSPS) is 12.2. The van der Waals surface area contributed by atoms with Gasteiger partial charge in [-0.2, -0.15) is 0 Å². The van der Waals surface area contributed by atoms with Crippen LogP contribution in [-0.4, -0.2) is 22.8 Å². The van der Waals surface area contributed by atoms with Crippen LogP contribution in [0.5, 0.6) is 0 Å². The van der Waals surface area contributed by atoms with Gasteiger partial charge in [-0.1, -0.05) is 0 Å². The van der Waals surface area contributed by atoms with Gasteiger partial charge in [-0.05, 0) is 41.4 Å². The second kappa shape index (κ2) is 6.08. The first-order valence-corrected chi connectivity index (χ1v) is 5.95. The monoisotopic (exact) mass is 290 g/mol. The van der Waals surface area contributed by atoms with E-state index >= 15 is 0 Å². The van der Waals surface area contributed by atoms with Crippen LogP contribution in [0.15, 0.2) is 22.8 Å². The molecule has 1 aromatic heterocycles. The van der Waals surface area contributed by atoms with Crippen molar-refractivity contribution in [1.29, 1.82) is 0 Å². The highest BCUT2D eigenvalue weighted by Crippen LogP contribution is 2.13. The number of halogens is 2. The molecule has 0 aliphatic rings. The van der Waals surface area contributed by atoms with Gasteiger partial charge in [0.05, 0.1) is 0 Å². The minimum atomic E-state index is -0.180. The lowest BCUT2D eigenvalue weighted by molar-refractivity contribution is 0.0933. The molecule has 82 valence electrons. The van der Waals surface area contributed by atoms with Gasteiger partial charge in [-0.25, -0.2) is 4.98 Å². The van der Waals surface area contributed by atoms with E-state index in [0.29, 0.717) is 16.0 Å². The zero-order valence-corrected chi connectivity index (χ0v) is 10.7. The lowest BCUT2D eigenvalue weighted by atomic mass is 10.2. The minimum Gasteiger partial charge on any atom is -0.348 e. The van der Waals surface area contributed by atoms with E-state index in [0.717, 1.165) is 6.42 Å². The molecule has 0 aliphatic carbocycles.